The number of carbonyl (C=O) groups excluding carboxylic acids is 2. The molecule has 0 unspecified atom stereocenters. The minimum atomic E-state index is -0.622. The van der Waals surface area contributed by atoms with Crippen LogP contribution in [0.1, 0.15) is 38.2 Å². The Labute approximate surface area is 149 Å². The molecule has 0 saturated carbocycles. The summed E-state index contributed by atoms with van der Waals surface area (Å²) in [6, 6.07) is 10.1. The van der Waals surface area contributed by atoms with Crippen molar-refractivity contribution < 1.29 is 19.1 Å². The Morgan fingerprint density at radius 2 is 2.00 bits per heavy atom. The predicted octanol–water partition coefficient (Wildman–Crippen LogP) is 2.58. The van der Waals surface area contributed by atoms with Gasteiger partial charge in [-0.25, -0.2) is 0 Å². The lowest BCUT2D eigenvalue weighted by atomic mass is 9.70. The van der Waals surface area contributed by atoms with E-state index in [9.17, 15) is 9.59 Å². The Morgan fingerprint density at radius 1 is 1.24 bits per heavy atom. The van der Waals surface area contributed by atoms with Crippen molar-refractivity contribution in [3.63, 3.8) is 0 Å². The lowest BCUT2D eigenvalue weighted by molar-refractivity contribution is -0.158. The standard InChI is InChI=1S/C20H27NO4/c1-3-25-19(23)20(13-15-7-5-4-6-8-15)14-16-9-10-17(20)21(16)18(22)11-12-24-2/h4-8,16-17H,3,9-14H2,1-2H3/t16-,17+,20+/m1/s1. The van der Waals surface area contributed by atoms with Crippen molar-refractivity contribution in [3.8, 4) is 0 Å². The number of hydrogen-bond acceptors (Lipinski definition) is 4. The number of rotatable bonds is 7. The third-order valence-electron chi connectivity index (χ3n) is 5.59. The van der Waals surface area contributed by atoms with Gasteiger partial charge in [0.25, 0.3) is 0 Å². The van der Waals surface area contributed by atoms with E-state index in [0.29, 0.717) is 32.5 Å². The number of fused-ring (bicyclic) bond motifs is 2. The minimum Gasteiger partial charge on any atom is -0.465 e. The van der Waals surface area contributed by atoms with Crippen LogP contribution in [-0.2, 0) is 25.5 Å². The Hall–Kier alpha value is -1.88. The van der Waals surface area contributed by atoms with E-state index in [1.807, 2.05) is 42.2 Å². The Morgan fingerprint density at radius 3 is 2.68 bits per heavy atom. The van der Waals surface area contributed by atoms with Crippen molar-refractivity contribution in [2.75, 3.05) is 20.3 Å². The van der Waals surface area contributed by atoms with Gasteiger partial charge < -0.3 is 14.4 Å². The summed E-state index contributed by atoms with van der Waals surface area (Å²) in [6.45, 7) is 2.62. The molecule has 0 aromatic heterocycles. The number of hydrogen-bond donors (Lipinski definition) is 0. The molecule has 0 spiro atoms. The van der Waals surface area contributed by atoms with Crippen LogP contribution in [0.25, 0.3) is 0 Å². The summed E-state index contributed by atoms with van der Waals surface area (Å²) in [5.41, 5.74) is 0.496. The second kappa shape index (κ2) is 7.56. The number of carbonyl (C=O) groups is 2. The fraction of sp³-hybridized carbons (Fsp3) is 0.600. The molecule has 136 valence electrons. The van der Waals surface area contributed by atoms with Crippen LogP contribution in [0, 0.1) is 5.41 Å². The summed E-state index contributed by atoms with van der Waals surface area (Å²) < 4.78 is 10.5. The van der Waals surface area contributed by atoms with Crippen LogP contribution in [0.4, 0.5) is 0 Å². The van der Waals surface area contributed by atoms with Gasteiger partial charge in [-0.1, -0.05) is 30.3 Å². The maximum atomic E-state index is 13.0. The molecule has 0 N–H and O–H groups in total. The first-order chi connectivity index (χ1) is 12.1. The van der Waals surface area contributed by atoms with E-state index in [1.54, 1.807) is 7.11 Å². The van der Waals surface area contributed by atoms with E-state index in [0.717, 1.165) is 18.4 Å². The zero-order valence-electron chi connectivity index (χ0n) is 15.1. The van der Waals surface area contributed by atoms with Gasteiger partial charge in [0.2, 0.25) is 5.91 Å². The van der Waals surface area contributed by atoms with Gasteiger partial charge >= 0.3 is 5.97 Å². The molecule has 2 aliphatic rings. The molecule has 0 radical (unpaired) electrons. The molecule has 0 aliphatic carbocycles. The second-order valence-corrected chi connectivity index (χ2v) is 7.03. The highest BCUT2D eigenvalue weighted by atomic mass is 16.5. The molecule has 2 heterocycles. The number of nitrogens with zero attached hydrogens (tertiary/aromatic N) is 1. The molecule has 2 aliphatic heterocycles. The van der Waals surface area contributed by atoms with E-state index in [2.05, 4.69) is 0 Å². The second-order valence-electron chi connectivity index (χ2n) is 7.03. The number of benzene rings is 1. The molecule has 3 atom stereocenters. The van der Waals surface area contributed by atoms with Gasteiger partial charge in [-0.15, -0.1) is 0 Å². The van der Waals surface area contributed by atoms with E-state index in [1.165, 1.54) is 0 Å². The SMILES string of the molecule is CCOC(=O)[C@@]1(Cc2ccccc2)C[C@H]2CC[C@@H]1N2C(=O)CCOC. The molecule has 1 amide bonds. The monoisotopic (exact) mass is 345 g/mol. The third-order valence-corrected chi connectivity index (χ3v) is 5.59. The number of ether oxygens (including phenoxy) is 2. The molecule has 1 aromatic rings. The van der Waals surface area contributed by atoms with Crippen molar-refractivity contribution in [2.24, 2.45) is 5.41 Å². The van der Waals surface area contributed by atoms with Crippen molar-refractivity contribution in [1.29, 1.82) is 0 Å². The van der Waals surface area contributed by atoms with Gasteiger partial charge in [0.15, 0.2) is 0 Å². The van der Waals surface area contributed by atoms with E-state index >= 15 is 0 Å². The van der Waals surface area contributed by atoms with Crippen LogP contribution >= 0.6 is 0 Å². The first-order valence-corrected chi connectivity index (χ1v) is 9.13. The molecule has 2 fully saturated rings. The molecule has 2 saturated heterocycles. The summed E-state index contributed by atoms with van der Waals surface area (Å²) >= 11 is 0. The quantitative estimate of drug-likeness (QED) is 0.713. The first-order valence-electron chi connectivity index (χ1n) is 9.13. The molecular weight excluding hydrogens is 318 g/mol. The lowest BCUT2D eigenvalue weighted by Gasteiger charge is -2.35. The van der Waals surface area contributed by atoms with Crippen LogP contribution in [0.15, 0.2) is 30.3 Å². The largest absolute Gasteiger partial charge is 0.465 e. The third kappa shape index (κ3) is 3.30. The van der Waals surface area contributed by atoms with Crippen LogP contribution in [0.3, 0.4) is 0 Å². The first kappa shape index (κ1) is 17.9. The van der Waals surface area contributed by atoms with Gasteiger partial charge in [-0.3, -0.25) is 9.59 Å². The van der Waals surface area contributed by atoms with E-state index in [4.69, 9.17) is 9.47 Å². The van der Waals surface area contributed by atoms with Crippen LogP contribution in [-0.4, -0.2) is 49.2 Å². The summed E-state index contributed by atoms with van der Waals surface area (Å²) in [5, 5.41) is 0. The van der Waals surface area contributed by atoms with E-state index in [-0.39, 0.29) is 24.0 Å². The maximum Gasteiger partial charge on any atom is 0.314 e. The molecule has 5 heteroatoms. The fourth-order valence-electron chi connectivity index (χ4n) is 4.59. The highest BCUT2D eigenvalue weighted by Crippen LogP contribution is 2.52. The fourth-order valence-corrected chi connectivity index (χ4v) is 4.59. The van der Waals surface area contributed by atoms with Crippen LogP contribution in [0.2, 0.25) is 0 Å². The molecule has 5 nitrogen and oxygen atoms in total. The summed E-state index contributed by atoms with van der Waals surface area (Å²) in [4.78, 5) is 27.6. The molecule has 1 aromatic carbocycles. The zero-order chi connectivity index (χ0) is 17.9. The number of esters is 1. The minimum absolute atomic E-state index is 0.0684. The van der Waals surface area contributed by atoms with Crippen molar-refractivity contribution in [2.45, 2.75) is 51.1 Å². The smallest absolute Gasteiger partial charge is 0.314 e. The average Bonchev–Trinajstić information content (AvgIpc) is 3.17. The van der Waals surface area contributed by atoms with Gasteiger partial charge in [-0.2, -0.15) is 0 Å². The van der Waals surface area contributed by atoms with Gasteiger partial charge in [0.1, 0.15) is 0 Å². The van der Waals surface area contributed by atoms with E-state index < -0.39 is 5.41 Å². The van der Waals surface area contributed by atoms with Crippen molar-refractivity contribution >= 4 is 11.9 Å². The maximum absolute atomic E-state index is 13.0. The Kier molecular flexibility index (Phi) is 5.42. The summed E-state index contributed by atoms with van der Waals surface area (Å²) in [5.74, 6) is -0.0656. The molecule has 2 bridgehead atoms. The average molecular weight is 345 g/mol. The predicted molar refractivity (Wildman–Crippen MR) is 94.0 cm³/mol. The number of methoxy groups -OCH3 is 1. The normalized spacial score (nSPS) is 27.5. The van der Waals surface area contributed by atoms with Crippen LogP contribution < -0.4 is 0 Å². The van der Waals surface area contributed by atoms with Gasteiger partial charge in [0, 0.05) is 19.2 Å². The Bertz CT molecular complexity index is 617. The van der Waals surface area contributed by atoms with Gasteiger partial charge in [-0.05, 0) is 38.2 Å². The highest BCUT2D eigenvalue weighted by Gasteiger charge is 2.61. The van der Waals surface area contributed by atoms with Crippen molar-refractivity contribution in [1.82, 2.24) is 4.90 Å². The molecule has 3 rings (SSSR count). The van der Waals surface area contributed by atoms with Crippen molar-refractivity contribution in [3.05, 3.63) is 35.9 Å². The lowest BCUT2D eigenvalue weighted by Crippen LogP contribution is -2.47. The highest BCUT2D eigenvalue weighted by molar-refractivity contribution is 5.84. The summed E-state index contributed by atoms with van der Waals surface area (Å²) in [6.07, 6.45) is 3.54. The topological polar surface area (TPSA) is 55.8 Å². The van der Waals surface area contributed by atoms with Crippen LogP contribution in [0.5, 0.6) is 0 Å². The summed E-state index contributed by atoms with van der Waals surface area (Å²) in [7, 11) is 1.60. The molecule has 25 heavy (non-hydrogen) atoms. The number of amides is 1. The van der Waals surface area contributed by atoms with Gasteiger partial charge in [0.05, 0.1) is 25.0 Å². The molecular formula is C20H27NO4. The Balaban J connectivity index is 1.88. The zero-order valence-corrected chi connectivity index (χ0v) is 15.1.